The maximum Gasteiger partial charge on any atom is 0.254 e. The number of ether oxygens (including phenoxy) is 3. The van der Waals surface area contributed by atoms with Crippen LogP contribution >= 0.6 is 0 Å². The van der Waals surface area contributed by atoms with Crippen molar-refractivity contribution in [2.24, 2.45) is 0 Å². The number of hydrogen-bond acceptors (Lipinski definition) is 8. The van der Waals surface area contributed by atoms with Crippen LogP contribution in [0, 0.1) is 0 Å². The lowest BCUT2D eigenvalue weighted by molar-refractivity contribution is 0.0950. The van der Waals surface area contributed by atoms with E-state index in [9.17, 15) is 13.6 Å². The zero-order valence-electron chi connectivity index (χ0n) is 20.8. The van der Waals surface area contributed by atoms with Crippen LogP contribution in [0.5, 0.6) is 17.2 Å². The fourth-order valence-electron chi connectivity index (χ4n) is 4.10. The Labute approximate surface area is 218 Å². The maximum absolute atomic E-state index is 12.7. The molecule has 2 atom stereocenters. The molecule has 1 unspecified atom stereocenters. The summed E-state index contributed by atoms with van der Waals surface area (Å²) in [6, 6.07) is 12.3. The third kappa shape index (κ3) is 6.75. The summed E-state index contributed by atoms with van der Waals surface area (Å²) in [7, 11) is 1.50. The van der Waals surface area contributed by atoms with Crippen molar-refractivity contribution >= 4 is 22.9 Å². The summed E-state index contributed by atoms with van der Waals surface area (Å²) in [5.41, 5.74) is 0.888. The average Bonchev–Trinajstić information content (AvgIpc) is 2.93. The molecule has 1 amide bonds. The zero-order valence-corrected chi connectivity index (χ0v) is 21.6. The monoisotopic (exact) mass is 526 g/mol. The molecule has 37 heavy (non-hydrogen) atoms. The Bertz CT molecular complexity index is 1240. The molecule has 4 rings (SSSR count). The second kappa shape index (κ2) is 12.5. The Morgan fingerprint density at radius 1 is 1.16 bits per heavy atom. The van der Waals surface area contributed by atoms with E-state index in [1.54, 1.807) is 6.07 Å². The van der Waals surface area contributed by atoms with Crippen LogP contribution in [0.3, 0.4) is 0 Å². The van der Waals surface area contributed by atoms with Crippen LogP contribution < -0.4 is 24.4 Å². The fourth-order valence-corrected chi connectivity index (χ4v) is 4.53. The molecule has 0 aliphatic carbocycles. The van der Waals surface area contributed by atoms with Crippen molar-refractivity contribution < 1.29 is 27.8 Å². The molecule has 11 heteroatoms. The number of piperidine rings is 1. The second-order valence-electron chi connectivity index (χ2n) is 8.39. The lowest BCUT2D eigenvalue weighted by Crippen LogP contribution is -2.42. The molecule has 2 aromatic carbocycles. The quantitative estimate of drug-likeness (QED) is 0.382. The predicted molar refractivity (Wildman–Crippen MR) is 139 cm³/mol. The Kier molecular flexibility index (Phi) is 8.91. The van der Waals surface area contributed by atoms with E-state index in [-0.39, 0.29) is 23.5 Å². The van der Waals surface area contributed by atoms with Crippen molar-refractivity contribution in [2.75, 3.05) is 31.7 Å². The van der Waals surface area contributed by atoms with Gasteiger partial charge in [0.2, 0.25) is 5.95 Å². The van der Waals surface area contributed by atoms with E-state index in [4.69, 9.17) is 14.2 Å². The van der Waals surface area contributed by atoms with E-state index in [0.29, 0.717) is 36.0 Å². The van der Waals surface area contributed by atoms with Crippen molar-refractivity contribution in [1.29, 1.82) is 0 Å². The molecule has 0 bridgehead atoms. The van der Waals surface area contributed by atoms with Crippen LogP contribution in [0.15, 0.2) is 59.8 Å². The summed E-state index contributed by atoms with van der Waals surface area (Å²) < 4.78 is 37.9. The summed E-state index contributed by atoms with van der Waals surface area (Å²) in [4.78, 5) is 23.8. The second-order valence-corrected chi connectivity index (χ2v) is 9.35. The van der Waals surface area contributed by atoms with Gasteiger partial charge in [-0.3, -0.25) is 4.79 Å². The maximum atomic E-state index is 12.7. The molecule has 3 aromatic rings. The van der Waals surface area contributed by atoms with Crippen LogP contribution in [0.2, 0.25) is 0 Å². The number of hydrogen-bond donors (Lipinski definition) is 2. The number of anilines is 1. The number of carbonyl (C=O) groups is 1. The Morgan fingerprint density at radius 3 is 2.62 bits per heavy atom. The molecule has 1 aliphatic heterocycles. The molecule has 2 N–H and O–H groups in total. The topological polar surface area (TPSA) is 123 Å². The first-order valence-electron chi connectivity index (χ1n) is 12.0. The van der Waals surface area contributed by atoms with Crippen molar-refractivity contribution in [3.8, 4) is 17.2 Å². The van der Waals surface area contributed by atoms with Crippen LogP contribution in [-0.4, -0.2) is 57.5 Å². The molecule has 0 saturated carbocycles. The van der Waals surface area contributed by atoms with Crippen molar-refractivity contribution in [1.82, 2.24) is 15.3 Å². The van der Waals surface area contributed by atoms with Gasteiger partial charge in [0, 0.05) is 31.0 Å². The van der Waals surface area contributed by atoms with Gasteiger partial charge in [-0.25, -0.2) is 14.2 Å². The van der Waals surface area contributed by atoms with Crippen LogP contribution in [0.1, 0.15) is 35.7 Å². The zero-order chi connectivity index (χ0) is 26.2. The summed E-state index contributed by atoms with van der Waals surface area (Å²) in [6.07, 6.45) is 4.77. The molecule has 0 radical (unpaired) electrons. The minimum absolute atomic E-state index is 0.0408. The highest BCUT2D eigenvalue weighted by molar-refractivity contribution is 7.79. The number of nitrogens with zero attached hydrogens (tertiary/aromatic N) is 3. The highest BCUT2D eigenvalue weighted by Gasteiger charge is 2.24. The molecule has 1 aliphatic rings. The number of amides is 1. The Morgan fingerprint density at radius 2 is 1.92 bits per heavy atom. The minimum Gasteiger partial charge on any atom is -0.496 e. The van der Waals surface area contributed by atoms with Crippen molar-refractivity contribution in [2.45, 2.75) is 37.3 Å². The molecule has 1 saturated heterocycles. The minimum atomic E-state index is -2.13. The van der Waals surface area contributed by atoms with Gasteiger partial charge in [0.25, 0.3) is 5.91 Å². The van der Waals surface area contributed by atoms with Gasteiger partial charge in [-0.1, -0.05) is 12.1 Å². The van der Waals surface area contributed by atoms with Crippen molar-refractivity contribution in [3.05, 3.63) is 66.0 Å². The molecule has 1 fully saturated rings. The third-order valence-electron chi connectivity index (χ3n) is 5.90. The number of benzene rings is 2. The molecule has 1 aromatic heterocycles. The van der Waals surface area contributed by atoms with Crippen LogP contribution in [0.4, 0.5) is 5.95 Å². The summed E-state index contributed by atoms with van der Waals surface area (Å²) in [5.74, 6) is 2.12. The smallest absolute Gasteiger partial charge is 0.254 e. The normalized spacial score (nSPS) is 16.1. The highest BCUT2D eigenvalue weighted by Crippen LogP contribution is 2.29. The van der Waals surface area contributed by atoms with E-state index >= 15 is 0 Å². The number of aromatic nitrogens is 2. The number of rotatable bonds is 10. The largest absolute Gasteiger partial charge is 0.496 e. The number of nitrogens with one attached hydrogen (secondary N) is 1. The van der Waals surface area contributed by atoms with Crippen LogP contribution in [-0.2, 0) is 17.6 Å². The highest BCUT2D eigenvalue weighted by atomic mass is 32.2. The molecular formula is C26H30N4O6S. The first-order chi connectivity index (χ1) is 18.0. The van der Waals surface area contributed by atoms with Crippen LogP contribution in [0.25, 0.3) is 0 Å². The predicted octanol–water partition coefficient (Wildman–Crippen LogP) is 3.44. The first-order valence-corrected chi connectivity index (χ1v) is 13.1. The van der Waals surface area contributed by atoms with Gasteiger partial charge in [-0.15, -0.1) is 0 Å². The van der Waals surface area contributed by atoms with E-state index in [0.717, 1.165) is 30.9 Å². The fraction of sp³-hybridized carbons (Fsp3) is 0.346. The van der Waals surface area contributed by atoms with Crippen molar-refractivity contribution in [3.63, 3.8) is 0 Å². The summed E-state index contributed by atoms with van der Waals surface area (Å²) in [6.45, 7) is 4.03. The summed E-state index contributed by atoms with van der Waals surface area (Å²) >= 11 is -2.13. The van der Waals surface area contributed by atoms with Gasteiger partial charge in [-0.2, -0.15) is 0 Å². The summed E-state index contributed by atoms with van der Waals surface area (Å²) in [5, 5.41) is 2.78. The average molecular weight is 527 g/mol. The van der Waals surface area contributed by atoms with E-state index in [2.05, 4.69) is 15.3 Å². The van der Waals surface area contributed by atoms with Gasteiger partial charge in [0.15, 0.2) is 22.6 Å². The van der Waals surface area contributed by atoms with Gasteiger partial charge < -0.3 is 29.0 Å². The lowest BCUT2D eigenvalue weighted by atomic mass is 10.1. The number of para-hydroxylation sites is 2. The Balaban J connectivity index is 1.37. The van der Waals surface area contributed by atoms with Gasteiger partial charge in [0.05, 0.1) is 30.7 Å². The first kappa shape index (κ1) is 26.4. The molecule has 10 nitrogen and oxygen atoms in total. The standard InChI is InChI=1S/C26H30N4O6S/c1-3-35-23-8-4-5-9-24(23)36-20-7-6-12-30(17-20)26-28-15-19(16-29-26)25(31)27-14-18-13-21(37(32)33)10-11-22(18)34-2/h4-5,8-11,13,15-16,20H,3,6-7,12,14,17H2,1-2H3,(H,27,31)(H,32,33)/t20-/m1/s1. The van der Waals surface area contributed by atoms with E-state index in [1.807, 2.05) is 36.1 Å². The number of methoxy groups -OCH3 is 1. The van der Waals surface area contributed by atoms with Gasteiger partial charge in [-0.05, 0) is 50.1 Å². The Hall–Kier alpha value is -3.70. The molecule has 196 valence electrons. The van der Waals surface area contributed by atoms with Gasteiger partial charge in [0.1, 0.15) is 11.9 Å². The lowest BCUT2D eigenvalue weighted by Gasteiger charge is -2.33. The third-order valence-corrected chi connectivity index (χ3v) is 6.55. The SMILES string of the molecule is CCOc1ccccc1O[C@@H]1CCCN(c2ncc(C(=O)NCc3cc(S(=O)O)ccc3OC)cn2)C1. The molecule has 2 heterocycles. The van der Waals surface area contributed by atoms with E-state index < -0.39 is 11.1 Å². The molecular weight excluding hydrogens is 496 g/mol. The van der Waals surface area contributed by atoms with E-state index in [1.165, 1.54) is 31.6 Å². The molecule has 0 spiro atoms. The number of carbonyl (C=O) groups excluding carboxylic acids is 1. The van der Waals surface area contributed by atoms with Gasteiger partial charge >= 0.3 is 0 Å².